The highest BCUT2D eigenvalue weighted by molar-refractivity contribution is 5.88. The Kier molecular flexibility index (Phi) is 5.49. The Morgan fingerprint density at radius 1 is 1.27 bits per heavy atom. The molecule has 6 heteroatoms. The van der Waals surface area contributed by atoms with Gasteiger partial charge in [0.15, 0.2) is 0 Å². The molecule has 2 amide bonds. The molecule has 0 spiro atoms. The van der Waals surface area contributed by atoms with Crippen LogP contribution in [0.15, 0.2) is 18.3 Å². The zero-order valence-electron chi connectivity index (χ0n) is 16.0. The van der Waals surface area contributed by atoms with E-state index in [1.54, 1.807) is 11.1 Å². The van der Waals surface area contributed by atoms with Gasteiger partial charge in [-0.3, -0.25) is 9.69 Å². The van der Waals surface area contributed by atoms with Gasteiger partial charge in [-0.1, -0.05) is 6.07 Å². The Morgan fingerprint density at radius 2 is 2.04 bits per heavy atom. The summed E-state index contributed by atoms with van der Waals surface area (Å²) in [6, 6.07) is 3.96. The van der Waals surface area contributed by atoms with Crippen LogP contribution in [-0.4, -0.2) is 40.6 Å². The molecule has 1 aromatic rings. The van der Waals surface area contributed by atoms with Crippen LogP contribution in [-0.2, 0) is 9.53 Å². The van der Waals surface area contributed by atoms with Gasteiger partial charge in [-0.15, -0.1) is 0 Å². The van der Waals surface area contributed by atoms with Crippen molar-refractivity contribution in [3.63, 3.8) is 0 Å². The van der Waals surface area contributed by atoms with Crippen molar-refractivity contribution in [3.05, 3.63) is 23.9 Å². The summed E-state index contributed by atoms with van der Waals surface area (Å²) in [6.07, 6.45) is 8.28. The number of aromatic nitrogens is 1. The van der Waals surface area contributed by atoms with Gasteiger partial charge in [-0.25, -0.2) is 9.78 Å². The quantitative estimate of drug-likeness (QED) is 0.761. The average Bonchev–Trinajstić information content (AvgIpc) is 2.56. The van der Waals surface area contributed by atoms with Crippen molar-refractivity contribution < 1.29 is 14.3 Å². The second-order valence-corrected chi connectivity index (χ2v) is 8.21. The molecule has 1 aliphatic heterocycles. The van der Waals surface area contributed by atoms with Crippen molar-refractivity contribution in [3.8, 4) is 0 Å². The maximum Gasteiger partial charge on any atom is 0.416 e. The molecule has 1 saturated carbocycles. The van der Waals surface area contributed by atoms with Crippen molar-refractivity contribution in [2.24, 2.45) is 0 Å². The van der Waals surface area contributed by atoms with Crippen LogP contribution in [0, 0.1) is 0 Å². The van der Waals surface area contributed by atoms with E-state index in [0.29, 0.717) is 5.82 Å². The number of amides is 2. The van der Waals surface area contributed by atoms with E-state index >= 15 is 0 Å². The lowest BCUT2D eigenvalue weighted by molar-refractivity contribution is -0.121. The van der Waals surface area contributed by atoms with Gasteiger partial charge in [0.05, 0.1) is 6.04 Å². The molecular weight excluding hydrogens is 330 g/mol. The number of carbonyl (C=O) groups excluding carboxylic acids is 2. The smallest absolute Gasteiger partial charge is 0.416 e. The first-order valence-corrected chi connectivity index (χ1v) is 9.59. The van der Waals surface area contributed by atoms with Crippen LogP contribution in [0.4, 0.5) is 10.6 Å². The van der Waals surface area contributed by atoms with Crippen LogP contribution in [0.3, 0.4) is 0 Å². The first kappa shape index (κ1) is 18.7. The summed E-state index contributed by atoms with van der Waals surface area (Å²) in [5.74, 6) is 0.644. The largest absolute Gasteiger partial charge is 0.443 e. The second-order valence-electron chi connectivity index (χ2n) is 8.21. The van der Waals surface area contributed by atoms with E-state index in [1.807, 2.05) is 37.8 Å². The van der Waals surface area contributed by atoms with Crippen LogP contribution in [0.25, 0.3) is 0 Å². The molecule has 0 radical (unpaired) electrons. The molecule has 2 heterocycles. The molecular formula is C20H29N3O3. The topological polar surface area (TPSA) is 62.7 Å². The Labute approximate surface area is 155 Å². The van der Waals surface area contributed by atoms with Gasteiger partial charge in [-0.05, 0) is 65.4 Å². The maximum atomic E-state index is 13.0. The molecule has 1 saturated heterocycles. The van der Waals surface area contributed by atoms with Crippen molar-refractivity contribution in [1.29, 1.82) is 0 Å². The van der Waals surface area contributed by atoms with Gasteiger partial charge >= 0.3 is 6.09 Å². The summed E-state index contributed by atoms with van der Waals surface area (Å²) in [5.41, 5.74) is 0.380. The summed E-state index contributed by atoms with van der Waals surface area (Å²) in [4.78, 5) is 32.6. The number of piperidine rings is 1. The third-order valence-corrected chi connectivity index (χ3v) is 5.11. The SMILES string of the molecule is CC(C)(C)OC(=O)N(c1ncccc1[C@H]1CCCCN1C=O)C1CCC1. The van der Waals surface area contributed by atoms with E-state index in [1.165, 1.54) is 0 Å². The van der Waals surface area contributed by atoms with Crippen LogP contribution in [0.1, 0.15) is 70.9 Å². The lowest BCUT2D eigenvalue weighted by atomic mass is 9.90. The number of carbonyl (C=O) groups is 2. The van der Waals surface area contributed by atoms with E-state index in [2.05, 4.69) is 4.98 Å². The van der Waals surface area contributed by atoms with Crippen LogP contribution < -0.4 is 4.90 Å². The van der Waals surface area contributed by atoms with E-state index in [4.69, 9.17) is 4.74 Å². The number of nitrogens with zero attached hydrogens (tertiary/aromatic N) is 3. The highest BCUT2D eigenvalue weighted by atomic mass is 16.6. The molecule has 142 valence electrons. The minimum absolute atomic E-state index is 0.0324. The summed E-state index contributed by atoms with van der Waals surface area (Å²) in [7, 11) is 0. The first-order valence-electron chi connectivity index (χ1n) is 9.59. The summed E-state index contributed by atoms with van der Waals surface area (Å²) < 4.78 is 5.67. The predicted molar refractivity (Wildman–Crippen MR) is 100.0 cm³/mol. The molecule has 26 heavy (non-hydrogen) atoms. The van der Waals surface area contributed by atoms with Gasteiger partial charge < -0.3 is 9.64 Å². The fraction of sp³-hybridized carbons (Fsp3) is 0.650. The van der Waals surface area contributed by atoms with Gasteiger partial charge in [-0.2, -0.15) is 0 Å². The summed E-state index contributed by atoms with van der Waals surface area (Å²) in [5, 5.41) is 0. The van der Waals surface area contributed by atoms with E-state index in [0.717, 1.165) is 57.0 Å². The number of ether oxygens (including phenoxy) is 1. The number of hydrogen-bond donors (Lipinski definition) is 0. The van der Waals surface area contributed by atoms with Crippen LogP contribution in [0.5, 0.6) is 0 Å². The highest BCUT2D eigenvalue weighted by Gasteiger charge is 2.37. The fourth-order valence-corrected chi connectivity index (χ4v) is 3.65. The minimum Gasteiger partial charge on any atom is -0.443 e. The molecule has 2 aliphatic rings. The Morgan fingerprint density at radius 3 is 2.65 bits per heavy atom. The van der Waals surface area contributed by atoms with Gasteiger partial charge in [0.2, 0.25) is 6.41 Å². The highest BCUT2D eigenvalue weighted by Crippen LogP contribution is 2.38. The van der Waals surface area contributed by atoms with Gasteiger partial charge in [0, 0.05) is 24.3 Å². The molecule has 1 atom stereocenters. The first-order chi connectivity index (χ1) is 12.4. The normalized spacial score (nSPS) is 21.0. The fourth-order valence-electron chi connectivity index (χ4n) is 3.65. The van der Waals surface area contributed by atoms with E-state index in [-0.39, 0.29) is 18.2 Å². The number of pyridine rings is 1. The Hall–Kier alpha value is -2.11. The molecule has 1 aliphatic carbocycles. The number of anilines is 1. The third-order valence-electron chi connectivity index (χ3n) is 5.11. The van der Waals surface area contributed by atoms with Gasteiger partial charge in [0.1, 0.15) is 11.4 Å². The van der Waals surface area contributed by atoms with Crippen molar-refractivity contribution in [2.75, 3.05) is 11.4 Å². The zero-order valence-corrected chi connectivity index (χ0v) is 16.0. The Bertz CT molecular complexity index is 652. The molecule has 0 unspecified atom stereocenters. The number of likely N-dealkylation sites (tertiary alicyclic amines) is 1. The monoisotopic (exact) mass is 359 g/mol. The standard InChI is InChI=1S/C20H29N3O3/c1-20(2,3)26-19(25)23(15-8-6-9-15)18-16(10-7-12-21-18)17-11-4-5-13-22(17)14-24/h7,10,12,14-15,17H,4-6,8-9,11,13H2,1-3H3/t17-/m1/s1. The lowest BCUT2D eigenvalue weighted by Gasteiger charge is -2.40. The lowest BCUT2D eigenvalue weighted by Crippen LogP contribution is -2.48. The molecule has 0 aromatic carbocycles. The molecule has 1 aromatic heterocycles. The van der Waals surface area contributed by atoms with Crippen molar-refractivity contribution in [1.82, 2.24) is 9.88 Å². The molecule has 2 fully saturated rings. The molecule has 0 N–H and O–H groups in total. The summed E-state index contributed by atoms with van der Waals surface area (Å²) in [6.45, 7) is 6.37. The molecule has 3 rings (SSSR count). The Balaban J connectivity index is 1.96. The maximum absolute atomic E-state index is 13.0. The zero-order chi connectivity index (χ0) is 18.7. The second kappa shape index (κ2) is 7.64. The van der Waals surface area contributed by atoms with Crippen molar-refractivity contribution >= 4 is 18.3 Å². The van der Waals surface area contributed by atoms with Crippen LogP contribution >= 0.6 is 0 Å². The van der Waals surface area contributed by atoms with Crippen LogP contribution in [0.2, 0.25) is 0 Å². The van der Waals surface area contributed by atoms with E-state index < -0.39 is 5.60 Å². The minimum atomic E-state index is -0.562. The third kappa shape index (κ3) is 4.00. The molecule has 0 bridgehead atoms. The number of hydrogen-bond acceptors (Lipinski definition) is 4. The molecule has 6 nitrogen and oxygen atoms in total. The summed E-state index contributed by atoms with van der Waals surface area (Å²) >= 11 is 0. The number of rotatable bonds is 4. The van der Waals surface area contributed by atoms with E-state index in [9.17, 15) is 9.59 Å². The van der Waals surface area contributed by atoms with Gasteiger partial charge in [0.25, 0.3) is 0 Å². The average molecular weight is 359 g/mol. The van der Waals surface area contributed by atoms with Crippen molar-refractivity contribution in [2.45, 2.75) is 77.0 Å². The predicted octanol–water partition coefficient (Wildman–Crippen LogP) is 4.06.